The Labute approximate surface area is 50.3 Å². The summed E-state index contributed by atoms with van der Waals surface area (Å²) >= 11 is 0. The molecule has 0 fully saturated rings. The minimum Gasteiger partial charge on any atom is -0.498 e. The van der Waals surface area contributed by atoms with E-state index in [9.17, 15) is 0 Å². The average Bonchev–Trinajstić information content (AvgIpc) is 2.14. The van der Waals surface area contributed by atoms with E-state index in [1.54, 1.807) is 0 Å². The van der Waals surface area contributed by atoms with Crippen molar-refractivity contribution in [2.45, 2.75) is 20.3 Å². The third kappa shape index (κ3) is 1.03. The second-order valence-electron chi connectivity index (χ2n) is 2.26. The molecule has 1 nitrogen and oxygen atoms in total. The number of ether oxygens (including phenoxy) is 1. The Morgan fingerprint density at radius 3 is 2.88 bits per heavy atom. The van der Waals surface area contributed by atoms with Crippen molar-refractivity contribution in [3.8, 4) is 0 Å². The molecule has 1 aliphatic heterocycles. The molecule has 0 aliphatic carbocycles. The maximum atomic E-state index is 5.22. The summed E-state index contributed by atoms with van der Waals surface area (Å²) in [5.74, 6) is 1.78. The molecule has 0 bridgehead atoms. The van der Waals surface area contributed by atoms with Crippen molar-refractivity contribution in [3.63, 3.8) is 0 Å². The lowest BCUT2D eigenvalue weighted by Crippen LogP contribution is -1.94. The predicted molar refractivity (Wildman–Crippen MR) is 33.5 cm³/mol. The normalized spacial score (nSPS) is 27.2. The Kier molecular flexibility index (Phi) is 1.56. The van der Waals surface area contributed by atoms with Gasteiger partial charge in [0.05, 0.1) is 12.4 Å². The van der Waals surface area contributed by atoms with Crippen molar-refractivity contribution in [1.82, 2.24) is 0 Å². The maximum absolute atomic E-state index is 5.22. The molecule has 0 amide bonds. The first-order valence-corrected chi connectivity index (χ1v) is 3.14. The van der Waals surface area contributed by atoms with Crippen LogP contribution in [-0.4, -0.2) is 6.61 Å². The zero-order valence-corrected chi connectivity index (χ0v) is 5.48. The van der Waals surface area contributed by atoms with Gasteiger partial charge in [-0.1, -0.05) is 6.92 Å². The third-order valence-corrected chi connectivity index (χ3v) is 1.52. The van der Waals surface area contributed by atoms with E-state index < -0.39 is 0 Å². The lowest BCUT2D eigenvalue weighted by molar-refractivity contribution is 0.218. The van der Waals surface area contributed by atoms with Gasteiger partial charge in [-0.2, -0.15) is 0 Å². The number of hydrogen-bond acceptors (Lipinski definition) is 1. The van der Waals surface area contributed by atoms with Gasteiger partial charge in [-0.05, 0) is 19.4 Å². The summed E-state index contributed by atoms with van der Waals surface area (Å²) in [6, 6.07) is 0. The Hall–Kier alpha value is -0.460. The monoisotopic (exact) mass is 112 g/mol. The fourth-order valence-electron chi connectivity index (χ4n) is 0.902. The topological polar surface area (TPSA) is 9.23 Å². The van der Waals surface area contributed by atoms with Crippen LogP contribution in [0, 0.1) is 5.92 Å². The highest BCUT2D eigenvalue weighted by Crippen LogP contribution is 2.17. The molecule has 8 heavy (non-hydrogen) atoms. The van der Waals surface area contributed by atoms with E-state index in [0.717, 1.165) is 12.4 Å². The van der Waals surface area contributed by atoms with Crippen LogP contribution in [0.15, 0.2) is 11.8 Å². The van der Waals surface area contributed by atoms with Gasteiger partial charge in [0.15, 0.2) is 0 Å². The predicted octanol–water partition coefficient (Wildman–Crippen LogP) is 1.95. The molecule has 1 unspecified atom stereocenters. The minimum absolute atomic E-state index is 0.690. The molecule has 0 saturated carbocycles. The molecule has 0 spiro atoms. The summed E-state index contributed by atoms with van der Waals surface area (Å²) in [7, 11) is 0. The SMILES string of the molecule is CCC1C=C(C)OC1. The molecule has 0 radical (unpaired) electrons. The largest absolute Gasteiger partial charge is 0.498 e. The highest BCUT2D eigenvalue weighted by molar-refractivity contribution is 4.98. The summed E-state index contributed by atoms with van der Waals surface area (Å²) in [6.45, 7) is 5.10. The summed E-state index contributed by atoms with van der Waals surface area (Å²) in [6.07, 6.45) is 3.40. The van der Waals surface area contributed by atoms with E-state index in [4.69, 9.17) is 4.74 Å². The first-order valence-electron chi connectivity index (χ1n) is 3.14. The maximum Gasteiger partial charge on any atom is 0.0940 e. The van der Waals surface area contributed by atoms with E-state index in [2.05, 4.69) is 13.0 Å². The highest BCUT2D eigenvalue weighted by Gasteiger charge is 2.10. The zero-order valence-electron chi connectivity index (χ0n) is 5.48. The summed E-state index contributed by atoms with van der Waals surface area (Å²) in [4.78, 5) is 0. The van der Waals surface area contributed by atoms with Gasteiger partial charge in [0.25, 0.3) is 0 Å². The molecule has 0 aromatic heterocycles. The Morgan fingerprint density at radius 2 is 2.62 bits per heavy atom. The first kappa shape index (κ1) is 5.67. The molecule has 0 aromatic carbocycles. The average molecular weight is 112 g/mol. The van der Waals surface area contributed by atoms with Crippen molar-refractivity contribution < 1.29 is 4.74 Å². The van der Waals surface area contributed by atoms with Crippen molar-refractivity contribution in [1.29, 1.82) is 0 Å². The van der Waals surface area contributed by atoms with Gasteiger partial charge < -0.3 is 4.74 Å². The second-order valence-corrected chi connectivity index (χ2v) is 2.26. The summed E-state index contributed by atoms with van der Waals surface area (Å²) in [5.41, 5.74) is 0. The molecule has 0 N–H and O–H groups in total. The number of rotatable bonds is 1. The van der Waals surface area contributed by atoms with Crippen LogP contribution in [0.1, 0.15) is 20.3 Å². The van der Waals surface area contributed by atoms with Crippen LogP contribution in [0.3, 0.4) is 0 Å². The first-order chi connectivity index (χ1) is 3.83. The lowest BCUT2D eigenvalue weighted by Gasteiger charge is -1.98. The van der Waals surface area contributed by atoms with E-state index >= 15 is 0 Å². The third-order valence-electron chi connectivity index (χ3n) is 1.52. The van der Waals surface area contributed by atoms with Gasteiger partial charge >= 0.3 is 0 Å². The lowest BCUT2D eigenvalue weighted by atomic mass is 10.1. The molecule has 46 valence electrons. The van der Waals surface area contributed by atoms with Crippen LogP contribution in [0.25, 0.3) is 0 Å². The van der Waals surface area contributed by atoms with E-state index in [1.807, 2.05) is 6.92 Å². The van der Waals surface area contributed by atoms with Gasteiger partial charge in [0.1, 0.15) is 0 Å². The fourth-order valence-corrected chi connectivity index (χ4v) is 0.902. The smallest absolute Gasteiger partial charge is 0.0940 e. The van der Waals surface area contributed by atoms with Crippen LogP contribution in [-0.2, 0) is 4.74 Å². The summed E-state index contributed by atoms with van der Waals surface area (Å²) in [5, 5.41) is 0. The number of hydrogen-bond donors (Lipinski definition) is 0. The van der Waals surface area contributed by atoms with Gasteiger partial charge in [-0.15, -0.1) is 0 Å². The van der Waals surface area contributed by atoms with Crippen molar-refractivity contribution in [3.05, 3.63) is 11.8 Å². The quantitative estimate of drug-likeness (QED) is 0.503. The molecule has 0 saturated heterocycles. The standard InChI is InChI=1S/C7H12O/c1-3-7-4-6(2)8-5-7/h4,7H,3,5H2,1-2H3. The van der Waals surface area contributed by atoms with Gasteiger partial charge in [0.2, 0.25) is 0 Å². The zero-order chi connectivity index (χ0) is 5.98. The van der Waals surface area contributed by atoms with Crippen molar-refractivity contribution in [2.24, 2.45) is 5.92 Å². The summed E-state index contributed by atoms with van der Waals surface area (Å²) < 4.78 is 5.22. The molecule has 1 rings (SSSR count). The number of allylic oxidation sites excluding steroid dienone is 1. The molecule has 0 aromatic rings. The Balaban J connectivity index is 2.41. The molecule has 1 heteroatoms. The molecule has 1 aliphatic rings. The second kappa shape index (κ2) is 2.21. The van der Waals surface area contributed by atoms with E-state index in [-0.39, 0.29) is 0 Å². The van der Waals surface area contributed by atoms with E-state index in [1.165, 1.54) is 6.42 Å². The van der Waals surface area contributed by atoms with Crippen molar-refractivity contribution >= 4 is 0 Å². The van der Waals surface area contributed by atoms with Gasteiger partial charge in [-0.25, -0.2) is 0 Å². The Bertz CT molecular complexity index is 105. The molecular formula is C7H12O. The van der Waals surface area contributed by atoms with Crippen LogP contribution < -0.4 is 0 Å². The van der Waals surface area contributed by atoms with Crippen LogP contribution in [0.4, 0.5) is 0 Å². The van der Waals surface area contributed by atoms with Crippen LogP contribution in [0.2, 0.25) is 0 Å². The van der Waals surface area contributed by atoms with Gasteiger partial charge in [-0.3, -0.25) is 0 Å². The molecule has 1 heterocycles. The fraction of sp³-hybridized carbons (Fsp3) is 0.714. The minimum atomic E-state index is 0.690. The van der Waals surface area contributed by atoms with Crippen molar-refractivity contribution in [2.75, 3.05) is 6.61 Å². The van der Waals surface area contributed by atoms with Gasteiger partial charge in [0, 0.05) is 5.92 Å². The van der Waals surface area contributed by atoms with E-state index in [0.29, 0.717) is 5.92 Å². The van der Waals surface area contributed by atoms with Crippen LogP contribution >= 0.6 is 0 Å². The molecule has 1 atom stereocenters. The van der Waals surface area contributed by atoms with Crippen LogP contribution in [0.5, 0.6) is 0 Å². The Morgan fingerprint density at radius 1 is 1.88 bits per heavy atom. The highest BCUT2D eigenvalue weighted by atomic mass is 16.5. The molecular weight excluding hydrogens is 100 g/mol.